The lowest BCUT2D eigenvalue weighted by molar-refractivity contribution is 0.410. The fourth-order valence-corrected chi connectivity index (χ4v) is 2.50. The van der Waals surface area contributed by atoms with E-state index in [4.69, 9.17) is 15.9 Å². The summed E-state index contributed by atoms with van der Waals surface area (Å²) in [5.41, 5.74) is 7.60. The van der Waals surface area contributed by atoms with Crippen molar-refractivity contribution in [2.45, 2.75) is 6.54 Å². The Morgan fingerprint density at radius 1 is 1.09 bits per heavy atom. The van der Waals surface area contributed by atoms with E-state index in [-0.39, 0.29) is 5.96 Å². The Morgan fingerprint density at radius 2 is 1.83 bits per heavy atom. The summed E-state index contributed by atoms with van der Waals surface area (Å²) in [7, 11) is 1.63. The highest BCUT2D eigenvalue weighted by atomic mass is 16.5. The van der Waals surface area contributed by atoms with E-state index in [1.54, 1.807) is 12.0 Å². The minimum atomic E-state index is -0.0568. The second-order valence-corrected chi connectivity index (χ2v) is 5.15. The van der Waals surface area contributed by atoms with Crippen molar-refractivity contribution in [3.8, 4) is 5.75 Å². The van der Waals surface area contributed by atoms with Crippen molar-refractivity contribution >= 4 is 22.7 Å². The number of hydrogen-bond acceptors (Lipinski definition) is 3. The van der Waals surface area contributed by atoms with Crippen LogP contribution in [0.3, 0.4) is 0 Å². The zero-order valence-corrected chi connectivity index (χ0v) is 12.9. The monoisotopic (exact) mass is 306 g/mol. The average molecular weight is 306 g/mol. The second-order valence-electron chi connectivity index (χ2n) is 5.15. The van der Waals surface area contributed by atoms with Gasteiger partial charge >= 0.3 is 0 Å². The fourth-order valence-electron chi connectivity index (χ4n) is 2.50. The standard InChI is InChI=1S/C18H18N4O/c1-23-16-9-5-3-7-14(16)12-22(18(19)20)17-11-10-13-6-2-4-8-15(13)21-17/h2-11H,12H2,1H3,(H3,19,20). The first-order valence-corrected chi connectivity index (χ1v) is 7.28. The molecular weight excluding hydrogens is 288 g/mol. The lowest BCUT2D eigenvalue weighted by Crippen LogP contribution is -2.36. The van der Waals surface area contributed by atoms with Crippen molar-refractivity contribution in [2.75, 3.05) is 12.0 Å². The number of hydrogen-bond donors (Lipinski definition) is 2. The molecule has 0 unspecified atom stereocenters. The highest BCUT2D eigenvalue weighted by Gasteiger charge is 2.14. The van der Waals surface area contributed by atoms with Gasteiger partial charge in [-0.15, -0.1) is 0 Å². The SMILES string of the molecule is COc1ccccc1CN(C(=N)N)c1ccc2ccccc2n1. The van der Waals surface area contributed by atoms with E-state index in [9.17, 15) is 0 Å². The van der Waals surface area contributed by atoms with E-state index in [0.29, 0.717) is 12.4 Å². The van der Waals surface area contributed by atoms with Crippen LogP contribution in [0.4, 0.5) is 5.82 Å². The van der Waals surface area contributed by atoms with Gasteiger partial charge in [-0.25, -0.2) is 4.98 Å². The Balaban J connectivity index is 1.99. The Kier molecular flexibility index (Phi) is 4.10. The minimum absolute atomic E-state index is 0.0568. The van der Waals surface area contributed by atoms with Gasteiger partial charge in [0.05, 0.1) is 19.2 Å². The third kappa shape index (κ3) is 3.08. The van der Waals surface area contributed by atoms with Gasteiger partial charge < -0.3 is 10.5 Å². The number of nitrogens with zero attached hydrogens (tertiary/aromatic N) is 2. The van der Waals surface area contributed by atoms with E-state index < -0.39 is 0 Å². The van der Waals surface area contributed by atoms with Crippen LogP contribution in [-0.2, 0) is 6.54 Å². The summed E-state index contributed by atoms with van der Waals surface area (Å²) in [6.07, 6.45) is 0. The Hall–Kier alpha value is -3.08. The van der Waals surface area contributed by atoms with Gasteiger partial charge in [0.25, 0.3) is 0 Å². The van der Waals surface area contributed by atoms with Crippen LogP contribution < -0.4 is 15.4 Å². The molecule has 0 amide bonds. The van der Waals surface area contributed by atoms with Gasteiger partial charge in [-0.1, -0.05) is 36.4 Å². The number of para-hydroxylation sites is 2. The van der Waals surface area contributed by atoms with Crippen molar-refractivity contribution in [1.29, 1.82) is 5.41 Å². The van der Waals surface area contributed by atoms with Crippen LogP contribution in [0.15, 0.2) is 60.7 Å². The number of anilines is 1. The van der Waals surface area contributed by atoms with Crippen molar-refractivity contribution < 1.29 is 4.74 Å². The Bertz CT molecular complexity index is 847. The number of guanidine groups is 1. The Labute approximate surface area is 134 Å². The largest absolute Gasteiger partial charge is 0.496 e. The average Bonchev–Trinajstić information content (AvgIpc) is 2.59. The molecule has 5 heteroatoms. The van der Waals surface area contributed by atoms with E-state index >= 15 is 0 Å². The summed E-state index contributed by atoms with van der Waals surface area (Å²) in [4.78, 5) is 6.27. The molecule has 1 heterocycles. The van der Waals surface area contributed by atoms with Crippen LogP contribution in [0, 0.1) is 5.41 Å². The lowest BCUT2D eigenvalue weighted by Gasteiger charge is -2.23. The summed E-state index contributed by atoms with van der Waals surface area (Å²) in [5, 5.41) is 8.95. The normalized spacial score (nSPS) is 10.5. The van der Waals surface area contributed by atoms with Gasteiger partial charge in [0.1, 0.15) is 11.6 Å². The first-order chi connectivity index (χ1) is 11.2. The molecule has 0 aliphatic carbocycles. The molecule has 0 radical (unpaired) electrons. The van der Waals surface area contributed by atoms with Crippen LogP contribution in [0.5, 0.6) is 5.75 Å². The predicted octanol–water partition coefficient (Wildman–Crippen LogP) is 3.14. The third-order valence-corrected chi connectivity index (χ3v) is 3.67. The molecule has 0 fully saturated rings. The molecular formula is C18H18N4O. The van der Waals surface area contributed by atoms with Gasteiger partial charge in [0, 0.05) is 10.9 Å². The highest BCUT2D eigenvalue weighted by molar-refractivity contribution is 5.93. The van der Waals surface area contributed by atoms with Crippen molar-refractivity contribution in [1.82, 2.24) is 4.98 Å². The number of aromatic nitrogens is 1. The Morgan fingerprint density at radius 3 is 2.61 bits per heavy atom. The van der Waals surface area contributed by atoms with Crippen molar-refractivity contribution in [2.24, 2.45) is 5.73 Å². The number of rotatable bonds is 4. The summed E-state index contributed by atoms with van der Waals surface area (Å²) in [5.74, 6) is 1.35. The quantitative estimate of drug-likeness (QED) is 0.573. The summed E-state index contributed by atoms with van der Waals surface area (Å²) in [6.45, 7) is 0.421. The van der Waals surface area contributed by atoms with Gasteiger partial charge in [-0.2, -0.15) is 0 Å². The molecule has 116 valence electrons. The molecule has 23 heavy (non-hydrogen) atoms. The maximum absolute atomic E-state index is 7.90. The molecule has 0 spiro atoms. The zero-order valence-electron chi connectivity index (χ0n) is 12.9. The summed E-state index contributed by atoms with van der Waals surface area (Å²) in [6, 6.07) is 19.4. The number of fused-ring (bicyclic) bond motifs is 1. The summed E-state index contributed by atoms with van der Waals surface area (Å²) >= 11 is 0. The van der Waals surface area contributed by atoms with Gasteiger partial charge in [0.15, 0.2) is 5.96 Å². The zero-order chi connectivity index (χ0) is 16.2. The first kappa shape index (κ1) is 14.8. The lowest BCUT2D eigenvalue weighted by atomic mass is 10.2. The molecule has 3 aromatic rings. The molecule has 0 saturated carbocycles. The fraction of sp³-hybridized carbons (Fsp3) is 0.111. The highest BCUT2D eigenvalue weighted by Crippen LogP contribution is 2.23. The molecule has 5 nitrogen and oxygen atoms in total. The van der Waals surface area contributed by atoms with Gasteiger partial charge in [0.2, 0.25) is 0 Å². The van der Waals surface area contributed by atoms with Crippen LogP contribution in [0.25, 0.3) is 10.9 Å². The molecule has 0 saturated heterocycles. The number of ether oxygens (including phenoxy) is 1. The minimum Gasteiger partial charge on any atom is -0.496 e. The van der Waals surface area contributed by atoms with E-state index in [0.717, 1.165) is 22.2 Å². The van der Waals surface area contributed by atoms with Crippen molar-refractivity contribution in [3.63, 3.8) is 0 Å². The maximum Gasteiger partial charge on any atom is 0.194 e. The maximum atomic E-state index is 7.90. The number of nitrogens with two attached hydrogens (primary N) is 1. The van der Waals surface area contributed by atoms with Crippen LogP contribution in [0.1, 0.15) is 5.56 Å². The molecule has 0 atom stereocenters. The topological polar surface area (TPSA) is 75.2 Å². The molecule has 2 aromatic carbocycles. The van der Waals surface area contributed by atoms with Crippen molar-refractivity contribution in [3.05, 3.63) is 66.2 Å². The van der Waals surface area contributed by atoms with Crippen LogP contribution in [0.2, 0.25) is 0 Å². The number of nitrogens with one attached hydrogen (secondary N) is 1. The van der Waals surface area contributed by atoms with E-state index in [1.165, 1.54) is 0 Å². The van der Waals surface area contributed by atoms with Gasteiger partial charge in [-0.3, -0.25) is 10.3 Å². The third-order valence-electron chi connectivity index (χ3n) is 3.67. The smallest absolute Gasteiger partial charge is 0.194 e. The van der Waals surface area contributed by atoms with E-state index in [2.05, 4.69) is 4.98 Å². The molecule has 1 aromatic heterocycles. The summed E-state index contributed by atoms with van der Waals surface area (Å²) < 4.78 is 5.37. The van der Waals surface area contributed by atoms with Gasteiger partial charge in [-0.05, 0) is 24.3 Å². The first-order valence-electron chi connectivity index (χ1n) is 7.28. The van der Waals surface area contributed by atoms with E-state index in [1.807, 2.05) is 60.7 Å². The molecule has 0 aliphatic heterocycles. The molecule has 0 aliphatic rings. The molecule has 0 bridgehead atoms. The van der Waals surface area contributed by atoms with Crippen LogP contribution in [-0.4, -0.2) is 18.1 Å². The second kappa shape index (κ2) is 6.36. The molecule has 3 rings (SSSR count). The number of benzene rings is 2. The molecule has 3 N–H and O–H groups in total. The number of methoxy groups -OCH3 is 1. The number of pyridine rings is 1. The predicted molar refractivity (Wildman–Crippen MR) is 92.8 cm³/mol. The van der Waals surface area contributed by atoms with Crippen LogP contribution >= 0.6 is 0 Å².